The number of hydrogen-bond acceptors (Lipinski definition) is 3. The molecule has 7 heteroatoms. The van der Waals surface area contributed by atoms with Crippen molar-refractivity contribution in [1.29, 1.82) is 0 Å². The Morgan fingerprint density at radius 3 is 3.00 bits per heavy atom. The van der Waals surface area contributed by atoms with Gasteiger partial charge in [0.15, 0.2) is 18.2 Å². The van der Waals surface area contributed by atoms with Crippen LogP contribution in [0.25, 0.3) is 0 Å². The Morgan fingerprint density at radius 1 is 1.60 bits per heavy atom. The lowest BCUT2D eigenvalue weighted by molar-refractivity contribution is -0.136. The smallest absolute Gasteiger partial charge is 0.260 e. The van der Waals surface area contributed by atoms with Gasteiger partial charge in [-0.2, -0.15) is 0 Å². The van der Waals surface area contributed by atoms with E-state index in [1.807, 2.05) is 6.92 Å². The highest BCUT2D eigenvalue weighted by Gasteiger charge is 2.23. The Labute approximate surface area is 132 Å². The van der Waals surface area contributed by atoms with Crippen molar-refractivity contribution >= 4 is 34.2 Å². The fourth-order valence-electron chi connectivity index (χ4n) is 2.03. The van der Waals surface area contributed by atoms with Crippen LogP contribution in [0.1, 0.15) is 6.92 Å². The highest BCUT2D eigenvalue weighted by atomic mass is 79.9. The lowest BCUT2D eigenvalue weighted by atomic mass is 10.2. The molecule has 0 radical (unpaired) electrons. The monoisotopic (exact) mass is 366 g/mol. The summed E-state index contributed by atoms with van der Waals surface area (Å²) in [5, 5.41) is 3.21. The van der Waals surface area contributed by atoms with Gasteiger partial charge in [-0.1, -0.05) is 15.9 Å². The number of hydrogen-bond donors (Lipinski definition) is 1. The van der Waals surface area contributed by atoms with E-state index < -0.39 is 5.82 Å². The minimum Gasteiger partial charge on any atom is -0.481 e. The molecule has 1 heterocycles. The number of benzene rings is 1. The van der Waals surface area contributed by atoms with E-state index in [0.717, 1.165) is 13.1 Å². The molecule has 0 spiro atoms. The molecule has 20 heavy (non-hydrogen) atoms. The first-order valence-electron chi connectivity index (χ1n) is 6.16. The number of piperazine rings is 1. The summed E-state index contributed by atoms with van der Waals surface area (Å²) in [5.41, 5.74) is 0. The summed E-state index contributed by atoms with van der Waals surface area (Å²) in [6.07, 6.45) is 0. The predicted molar refractivity (Wildman–Crippen MR) is 80.9 cm³/mol. The van der Waals surface area contributed by atoms with Crippen LogP contribution in [-0.2, 0) is 4.79 Å². The van der Waals surface area contributed by atoms with Crippen LogP contribution in [0.5, 0.6) is 5.75 Å². The SMILES string of the molecule is C[C@@H]1CNCCN1C(=O)COc1ccc(Br)cc1F.Cl. The molecule has 1 N–H and O–H groups in total. The second kappa shape index (κ2) is 7.81. The third-order valence-corrected chi connectivity index (χ3v) is 3.56. The molecule has 1 fully saturated rings. The first-order chi connectivity index (χ1) is 9.08. The van der Waals surface area contributed by atoms with E-state index in [4.69, 9.17) is 4.74 Å². The largest absolute Gasteiger partial charge is 0.481 e. The highest BCUT2D eigenvalue weighted by molar-refractivity contribution is 9.10. The van der Waals surface area contributed by atoms with Gasteiger partial charge in [0, 0.05) is 30.1 Å². The number of amides is 1. The first kappa shape index (κ1) is 17.2. The van der Waals surface area contributed by atoms with E-state index in [9.17, 15) is 9.18 Å². The van der Waals surface area contributed by atoms with E-state index in [2.05, 4.69) is 21.2 Å². The van der Waals surface area contributed by atoms with Gasteiger partial charge in [-0.3, -0.25) is 4.79 Å². The average molecular weight is 368 g/mol. The molecule has 1 atom stereocenters. The summed E-state index contributed by atoms with van der Waals surface area (Å²) in [6, 6.07) is 4.64. The van der Waals surface area contributed by atoms with Crippen molar-refractivity contribution < 1.29 is 13.9 Å². The Bertz CT molecular complexity index is 476. The molecule has 0 unspecified atom stereocenters. The molecular formula is C13H17BrClFN2O2. The normalized spacial score (nSPS) is 18.4. The van der Waals surface area contributed by atoms with Crippen molar-refractivity contribution in [2.75, 3.05) is 26.2 Å². The van der Waals surface area contributed by atoms with Gasteiger partial charge in [0.2, 0.25) is 0 Å². The van der Waals surface area contributed by atoms with E-state index >= 15 is 0 Å². The summed E-state index contributed by atoms with van der Waals surface area (Å²) in [5.74, 6) is -0.494. The molecule has 1 amide bonds. The zero-order valence-electron chi connectivity index (χ0n) is 11.1. The second-order valence-electron chi connectivity index (χ2n) is 4.50. The number of nitrogens with zero attached hydrogens (tertiary/aromatic N) is 1. The van der Waals surface area contributed by atoms with E-state index in [1.165, 1.54) is 12.1 Å². The third kappa shape index (κ3) is 4.33. The van der Waals surface area contributed by atoms with Gasteiger partial charge in [0.1, 0.15) is 0 Å². The number of carbonyl (C=O) groups excluding carboxylic acids is 1. The Morgan fingerprint density at radius 2 is 2.35 bits per heavy atom. The molecule has 0 saturated carbocycles. The van der Waals surface area contributed by atoms with Crippen LogP contribution >= 0.6 is 28.3 Å². The van der Waals surface area contributed by atoms with Gasteiger partial charge in [0.05, 0.1) is 0 Å². The minimum atomic E-state index is -0.476. The van der Waals surface area contributed by atoms with Crippen molar-refractivity contribution in [3.8, 4) is 5.75 Å². The molecule has 1 aliphatic rings. The van der Waals surface area contributed by atoms with Crippen LogP contribution in [0.2, 0.25) is 0 Å². The van der Waals surface area contributed by atoms with E-state index in [1.54, 1.807) is 11.0 Å². The summed E-state index contributed by atoms with van der Waals surface area (Å²) < 4.78 is 19.4. The maximum absolute atomic E-state index is 13.5. The molecule has 1 aromatic rings. The highest BCUT2D eigenvalue weighted by Crippen LogP contribution is 2.21. The summed E-state index contributed by atoms with van der Waals surface area (Å²) in [6.45, 7) is 4.06. The standard InChI is InChI=1S/C13H16BrFN2O2.ClH/c1-9-7-16-4-5-17(9)13(18)8-19-12-3-2-10(14)6-11(12)15;/h2-3,6,9,16H,4-5,7-8H2,1H3;1H/t9-;/m1./s1. The molecule has 0 aromatic heterocycles. The Hall–Kier alpha value is -0.850. The zero-order valence-corrected chi connectivity index (χ0v) is 13.5. The lowest BCUT2D eigenvalue weighted by Gasteiger charge is -2.33. The molecule has 112 valence electrons. The van der Waals surface area contributed by atoms with Crippen molar-refractivity contribution in [3.05, 3.63) is 28.5 Å². The van der Waals surface area contributed by atoms with Gasteiger partial charge >= 0.3 is 0 Å². The van der Waals surface area contributed by atoms with Crippen molar-refractivity contribution in [2.45, 2.75) is 13.0 Å². The molecule has 0 aliphatic carbocycles. The maximum atomic E-state index is 13.5. The van der Waals surface area contributed by atoms with Gasteiger partial charge < -0.3 is 15.0 Å². The molecule has 0 bridgehead atoms. The molecule has 2 rings (SSSR count). The van der Waals surface area contributed by atoms with Crippen LogP contribution < -0.4 is 10.1 Å². The lowest BCUT2D eigenvalue weighted by Crippen LogP contribution is -2.53. The van der Waals surface area contributed by atoms with E-state index in [-0.39, 0.29) is 36.7 Å². The predicted octanol–water partition coefficient (Wildman–Crippen LogP) is 2.21. The van der Waals surface area contributed by atoms with Crippen LogP contribution in [-0.4, -0.2) is 43.1 Å². The van der Waals surface area contributed by atoms with Crippen molar-refractivity contribution in [2.24, 2.45) is 0 Å². The van der Waals surface area contributed by atoms with Gasteiger partial charge in [0.25, 0.3) is 5.91 Å². The Balaban J connectivity index is 0.00000200. The van der Waals surface area contributed by atoms with Gasteiger partial charge in [-0.25, -0.2) is 4.39 Å². The number of rotatable bonds is 3. The summed E-state index contributed by atoms with van der Waals surface area (Å²) >= 11 is 3.17. The average Bonchev–Trinajstić information content (AvgIpc) is 2.38. The fraction of sp³-hybridized carbons (Fsp3) is 0.462. The second-order valence-corrected chi connectivity index (χ2v) is 5.42. The fourth-order valence-corrected chi connectivity index (χ4v) is 2.36. The van der Waals surface area contributed by atoms with E-state index in [0.29, 0.717) is 11.0 Å². The zero-order chi connectivity index (χ0) is 13.8. The first-order valence-corrected chi connectivity index (χ1v) is 6.95. The van der Waals surface area contributed by atoms with Crippen molar-refractivity contribution in [3.63, 3.8) is 0 Å². The van der Waals surface area contributed by atoms with Crippen LogP contribution in [0.4, 0.5) is 4.39 Å². The van der Waals surface area contributed by atoms with Crippen LogP contribution in [0.3, 0.4) is 0 Å². The molecular weight excluding hydrogens is 351 g/mol. The van der Waals surface area contributed by atoms with Crippen molar-refractivity contribution in [1.82, 2.24) is 10.2 Å². The third-order valence-electron chi connectivity index (χ3n) is 3.07. The number of ether oxygens (including phenoxy) is 1. The number of carbonyl (C=O) groups is 1. The molecule has 1 saturated heterocycles. The van der Waals surface area contributed by atoms with Gasteiger partial charge in [-0.05, 0) is 25.1 Å². The minimum absolute atomic E-state index is 0. The molecule has 1 aliphatic heterocycles. The van der Waals surface area contributed by atoms with Crippen LogP contribution in [0.15, 0.2) is 22.7 Å². The molecule has 1 aromatic carbocycles. The topological polar surface area (TPSA) is 41.6 Å². The summed E-state index contributed by atoms with van der Waals surface area (Å²) in [4.78, 5) is 13.8. The number of nitrogens with one attached hydrogen (secondary N) is 1. The number of halogens is 3. The molecule has 4 nitrogen and oxygen atoms in total. The van der Waals surface area contributed by atoms with Gasteiger partial charge in [-0.15, -0.1) is 12.4 Å². The summed E-state index contributed by atoms with van der Waals surface area (Å²) in [7, 11) is 0. The maximum Gasteiger partial charge on any atom is 0.260 e. The quantitative estimate of drug-likeness (QED) is 0.890. The van der Waals surface area contributed by atoms with Crippen LogP contribution in [0, 0.1) is 5.82 Å². The Kier molecular flexibility index (Phi) is 6.71.